The lowest BCUT2D eigenvalue weighted by atomic mass is 10.1. The fourth-order valence-corrected chi connectivity index (χ4v) is 1.19. The summed E-state index contributed by atoms with van der Waals surface area (Å²) in [6, 6.07) is 0.377. The Labute approximate surface area is 83.7 Å². The number of aryl methyl sites for hydroxylation is 1. The molecule has 1 heterocycles. The Hall–Kier alpha value is -1.16. The molecule has 0 atom stereocenters. The molecule has 0 bridgehead atoms. The van der Waals surface area contributed by atoms with Crippen molar-refractivity contribution in [2.75, 3.05) is 0 Å². The Morgan fingerprint density at radius 2 is 2.07 bits per heavy atom. The van der Waals surface area contributed by atoms with Crippen molar-refractivity contribution in [3.05, 3.63) is 27.2 Å². The van der Waals surface area contributed by atoms with E-state index < -0.39 is 0 Å². The van der Waals surface area contributed by atoms with Crippen molar-refractivity contribution in [2.45, 2.75) is 40.3 Å². The molecule has 14 heavy (non-hydrogen) atoms. The van der Waals surface area contributed by atoms with E-state index in [0.29, 0.717) is 12.6 Å². The fraction of sp³-hybridized carbons (Fsp3) is 0.600. The van der Waals surface area contributed by atoms with Crippen molar-refractivity contribution in [3.8, 4) is 0 Å². The van der Waals surface area contributed by atoms with Crippen LogP contribution in [0.15, 0.2) is 4.79 Å². The largest absolute Gasteiger partial charge is 0.310 e. The first-order chi connectivity index (χ1) is 6.52. The van der Waals surface area contributed by atoms with Gasteiger partial charge in [-0.05, 0) is 19.4 Å². The molecule has 0 aliphatic heterocycles. The maximum atomic E-state index is 11.4. The van der Waals surface area contributed by atoms with Gasteiger partial charge in [-0.15, -0.1) is 0 Å². The van der Waals surface area contributed by atoms with Gasteiger partial charge in [-0.25, -0.2) is 5.10 Å². The summed E-state index contributed by atoms with van der Waals surface area (Å²) in [4.78, 5) is 11.4. The van der Waals surface area contributed by atoms with E-state index in [9.17, 15) is 4.79 Å². The number of hydrogen-bond acceptors (Lipinski definition) is 3. The second-order valence-electron chi connectivity index (χ2n) is 3.78. The summed E-state index contributed by atoms with van der Waals surface area (Å²) in [6.07, 6.45) is 0. The zero-order valence-electron chi connectivity index (χ0n) is 9.14. The van der Waals surface area contributed by atoms with Gasteiger partial charge in [0.15, 0.2) is 0 Å². The van der Waals surface area contributed by atoms with E-state index in [1.165, 1.54) is 0 Å². The van der Waals surface area contributed by atoms with Crippen molar-refractivity contribution < 1.29 is 0 Å². The molecular weight excluding hydrogens is 178 g/mol. The predicted octanol–water partition coefficient (Wildman–Crippen LogP) is 0.885. The summed E-state index contributed by atoms with van der Waals surface area (Å²) in [5, 5.41) is 9.61. The number of rotatable bonds is 3. The van der Waals surface area contributed by atoms with Crippen LogP contribution in [0.5, 0.6) is 0 Å². The van der Waals surface area contributed by atoms with Gasteiger partial charge in [-0.1, -0.05) is 13.8 Å². The van der Waals surface area contributed by atoms with Gasteiger partial charge in [0.2, 0.25) is 0 Å². The Bertz CT molecular complexity index is 368. The van der Waals surface area contributed by atoms with Crippen LogP contribution in [0.25, 0.3) is 0 Å². The van der Waals surface area contributed by atoms with Crippen molar-refractivity contribution in [1.82, 2.24) is 15.5 Å². The Balaban J connectivity index is 2.95. The molecular formula is C10H17N3O. The molecule has 0 saturated carbocycles. The topological polar surface area (TPSA) is 57.8 Å². The number of H-pyrrole nitrogens is 1. The zero-order chi connectivity index (χ0) is 10.7. The van der Waals surface area contributed by atoms with Crippen LogP contribution in [0, 0.1) is 13.8 Å². The normalized spacial score (nSPS) is 10.9. The highest BCUT2D eigenvalue weighted by Crippen LogP contribution is 2.04. The van der Waals surface area contributed by atoms with Crippen molar-refractivity contribution >= 4 is 0 Å². The molecule has 0 spiro atoms. The molecule has 0 aromatic carbocycles. The van der Waals surface area contributed by atoms with Gasteiger partial charge in [0.05, 0.1) is 5.69 Å². The zero-order valence-corrected chi connectivity index (χ0v) is 9.14. The number of nitrogens with one attached hydrogen (secondary N) is 2. The first-order valence-electron chi connectivity index (χ1n) is 4.80. The van der Waals surface area contributed by atoms with E-state index in [4.69, 9.17) is 0 Å². The molecule has 0 amide bonds. The Morgan fingerprint density at radius 3 is 2.64 bits per heavy atom. The summed E-state index contributed by atoms with van der Waals surface area (Å²) in [5.74, 6) is 0. The minimum atomic E-state index is -0.0961. The van der Waals surface area contributed by atoms with Gasteiger partial charge in [0.1, 0.15) is 0 Å². The molecule has 0 radical (unpaired) electrons. The second-order valence-corrected chi connectivity index (χ2v) is 3.78. The predicted molar refractivity (Wildman–Crippen MR) is 56.3 cm³/mol. The van der Waals surface area contributed by atoms with Crippen LogP contribution in [0.4, 0.5) is 0 Å². The molecule has 78 valence electrons. The molecule has 1 rings (SSSR count). The van der Waals surface area contributed by atoms with Crippen LogP contribution in [0.2, 0.25) is 0 Å². The fourth-order valence-electron chi connectivity index (χ4n) is 1.19. The lowest BCUT2D eigenvalue weighted by Crippen LogP contribution is -2.28. The summed E-state index contributed by atoms with van der Waals surface area (Å²) in [6.45, 7) is 8.52. The van der Waals surface area contributed by atoms with Gasteiger partial charge >= 0.3 is 0 Å². The average Bonchev–Trinajstić information content (AvgIpc) is 2.11. The van der Waals surface area contributed by atoms with Gasteiger partial charge in [0.25, 0.3) is 5.56 Å². The second kappa shape index (κ2) is 4.37. The lowest BCUT2D eigenvalue weighted by Gasteiger charge is -2.10. The molecule has 1 aromatic heterocycles. The maximum absolute atomic E-state index is 11.4. The van der Waals surface area contributed by atoms with Gasteiger partial charge in [0, 0.05) is 18.2 Å². The molecule has 0 fully saturated rings. The summed E-state index contributed by atoms with van der Waals surface area (Å²) >= 11 is 0. The molecule has 0 saturated heterocycles. The quantitative estimate of drug-likeness (QED) is 0.753. The molecule has 0 unspecified atom stereocenters. The standard InChI is InChI=1S/C10H17N3O/c1-6(2)11-5-9-7(3)8(4)12-13-10(9)14/h6,11H,5H2,1-4H3,(H,13,14). The number of aromatic amines is 1. The van der Waals surface area contributed by atoms with Gasteiger partial charge in [-0.3, -0.25) is 4.79 Å². The average molecular weight is 195 g/mol. The van der Waals surface area contributed by atoms with Gasteiger partial charge < -0.3 is 5.32 Å². The first kappa shape index (κ1) is 10.9. The SMILES string of the molecule is Cc1n[nH]c(=O)c(CNC(C)C)c1C. The number of hydrogen-bond donors (Lipinski definition) is 2. The minimum Gasteiger partial charge on any atom is -0.310 e. The Kier molecular flexibility index (Phi) is 3.41. The van der Waals surface area contributed by atoms with E-state index in [1.807, 2.05) is 13.8 Å². The van der Waals surface area contributed by atoms with E-state index in [1.54, 1.807) is 0 Å². The molecule has 2 N–H and O–H groups in total. The highest BCUT2D eigenvalue weighted by atomic mass is 16.1. The monoisotopic (exact) mass is 195 g/mol. The summed E-state index contributed by atoms with van der Waals surface area (Å²) < 4.78 is 0. The third-order valence-corrected chi connectivity index (χ3v) is 2.28. The van der Waals surface area contributed by atoms with Crippen molar-refractivity contribution in [3.63, 3.8) is 0 Å². The van der Waals surface area contributed by atoms with Crippen molar-refractivity contribution in [2.24, 2.45) is 0 Å². The molecule has 1 aromatic rings. The Morgan fingerprint density at radius 1 is 1.43 bits per heavy atom. The van der Waals surface area contributed by atoms with Crippen LogP contribution >= 0.6 is 0 Å². The maximum Gasteiger partial charge on any atom is 0.268 e. The van der Waals surface area contributed by atoms with Crippen LogP contribution in [-0.4, -0.2) is 16.2 Å². The lowest BCUT2D eigenvalue weighted by molar-refractivity contribution is 0.582. The number of nitrogens with zero attached hydrogens (tertiary/aromatic N) is 1. The van der Waals surface area contributed by atoms with Gasteiger partial charge in [-0.2, -0.15) is 5.10 Å². The molecule has 0 aliphatic carbocycles. The highest BCUT2D eigenvalue weighted by molar-refractivity contribution is 5.25. The smallest absolute Gasteiger partial charge is 0.268 e. The van der Waals surface area contributed by atoms with Crippen molar-refractivity contribution in [1.29, 1.82) is 0 Å². The molecule has 0 aliphatic rings. The third kappa shape index (κ3) is 2.42. The van der Waals surface area contributed by atoms with Crippen LogP contribution in [0.3, 0.4) is 0 Å². The molecule has 4 nitrogen and oxygen atoms in total. The first-order valence-corrected chi connectivity index (χ1v) is 4.80. The van der Waals surface area contributed by atoms with E-state index in [2.05, 4.69) is 29.4 Å². The van der Waals surface area contributed by atoms with Crippen LogP contribution < -0.4 is 10.9 Å². The van der Waals surface area contributed by atoms with E-state index in [0.717, 1.165) is 16.8 Å². The van der Waals surface area contributed by atoms with E-state index >= 15 is 0 Å². The number of aromatic nitrogens is 2. The molecule has 4 heteroatoms. The third-order valence-electron chi connectivity index (χ3n) is 2.28. The summed E-state index contributed by atoms with van der Waals surface area (Å²) in [5.41, 5.74) is 2.54. The van der Waals surface area contributed by atoms with E-state index in [-0.39, 0.29) is 5.56 Å². The van der Waals surface area contributed by atoms with Crippen LogP contribution in [-0.2, 0) is 6.54 Å². The summed E-state index contributed by atoms with van der Waals surface area (Å²) in [7, 11) is 0. The minimum absolute atomic E-state index is 0.0961. The van der Waals surface area contributed by atoms with Crippen LogP contribution in [0.1, 0.15) is 30.7 Å². The highest BCUT2D eigenvalue weighted by Gasteiger charge is 2.07.